The minimum absolute atomic E-state index is 0.484. The first-order valence-electron chi connectivity index (χ1n) is 5.24. The van der Waals surface area contributed by atoms with E-state index >= 15 is 0 Å². The van der Waals surface area contributed by atoms with Crippen molar-refractivity contribution in [1.82, 2.24) is 20.2 Å². The number of tetrazole rings is 1. The van der Waals surface area contributed by atoms with E-state index in [4.69, 9.17) is 5.73 Å². The highest BCUT2D eigenvalue weighted by molar-refractivity contribution is 5.77. The zero-order valence-corrected chi connectivity index (χ0v) is 9.66. The van der Waals surface area contributed by atoms with Gasteiger partial charge in [0.1, 0.15) is 6.04 Å². The number of primary amides is 1. The van der Waals surface area contributed by atoms with Crippen LogP contribution in [0.15, 0.2) is 24.3 Å². The Balaban J connectivity index is 2.29. The van der Waals surface area contributed by atoms with Crippen LogP contribution >= 0.6 is 0 Å². The van der Waals surface area contributed by atoms with E-state index in [2.05, 4.69) is 15.4 Å². The van der Waals surface area contributed by atoms with Gasteiger partial charge in [-0.15, -0.1) is 10.2 Å². The van der Waals surface area contributed by atoms with E-state index in [0.29, 0.717) is 5.82 Å². The van der Waals surface area contributed by atoms with Crippen LogP contribution in [0, 0.1) is 6.92 Å². The molecule has 1 aromatic heterocycles. The second-order valence-electron chi connectivity index (χ2n) is 3.88. The average Bonchev–Trinajstić information content (AvgIpc) is 2.78. The lowest BCUT2D eigenvalue weighted by molar-refractivity contribution is -0.121. The van der Waals surface area contributed by atoms with Crippen LogP contribution in [0.1, 0.15) is 18.5 Å². The lowest BCUT2D eigenvalue weighted by Gasteiger charge is -2.02. The highest BCUT2D eigenvalue weighted by Gasteiger charge is 2.15. The van der Waals surface area contributed by atoms with Crippen LogP contribution in [-0.2, 0) is 4.79 Å². The summed E-state index contributed by atoms with van der Waals surface area (Å²) in [6, 6.07) is 7.15. The molecule has 6 heteroatoms. The molecule has 1 atom stereocenters. The van der Waals surface area contributed by atoms with Crippen LogP contribution in [0.4, 0.5) is 0 Å². The van der Waals surface area contributed by atoms with Crippen LogP contribution in [0.3, 0.4) is 0 Å². The number of nitrogens with zero attached hydrogens (tertiary/aromatic N) is 4. The molecule has 6 nitrogen and oxygen atoms in total. The molecule has 0 bridgehead atoms. The Morgan fingerprint density at radius 3 is 2.59 bits per heavy atom. The summed E-state index contributed by atoms with van der Waals surface area (Å²) in [7, 11) is 0. The van der Waals surface area contributed by atoms with Crippen molar-refractivity contribution in [3.63, 3.8) is 0 Å². The Hall–Kier alpha value is -2.24. The SMILES string of the molecule is Cc1ccc(-c2nnn(C(C)C(N)=O)n2)cc1. The topological polar surface area (TPSA) is 86.7 Å². The minimum atomic E-state index is -0.596. The lowest BCUT2D eigenvalue weighted by Crippen LogP contribution is -2.25. The second kappa shape index (κ2) is 4.32. The van der Waals surface area contributed by atoms with E-state index in [-0.39, 0.29) is 0 Å². The maximum absolute atomic E-state index is 11.0. The van der Waals surface area contributed by atoms with Crippen molar-refractivity contribution in [2.75, 3.05) is 0 Å². The molecular weight excluding hydrogens is 218 g/mol. The number of hydrogen-bond donors (Lipinski definition) is 1. The van der Waals surface area contributed by atoms with Gasteiger partial charge in [0.15, 0.2) is 0 Å². The van der Waals surface area contributed by atoms with Gasteiger partial charge in [-0.25, -0.2) is 0 Å². The van der Waals surface area contributed by atoms with Crippen LogP contribution in [-0.4, -0.2) is 26.1 Å². The standard InChI is InChI=1S/C11H13N5O/c1-7-3-5-9(6-4-7)11-13-15-16(14-11)8(2)10(12)17/h3-6,8H,1-2H3,(H2,12,17). The zero-order chi connectivity index (χ0) is 12.4. The number of rotatable bonds is 3. The van der Waals surface area contributed by atoms with Crippen molar-refractivity contribution in [3.8, 4) is 11.4 Å². The maximum Gasteiger partial charge on any atom is 0.243 e. The summed E-state index contributed by atoms with van der Waals surface area (Å²) in [6.07, 6.45) is 0. The molecule has 0 aliphatic heterocycles. The summed E-state index contributed by atoms with van der Waals surface area (Å²) < 4.78 is 0. The Morgan fingerprint density at radius 1 is 1.35 bits per heavy atom. The first kappa shape index (κ1) is 11.3. The molecule has 0 saturated carbocycles. The summed E-state index contributed by atoms with van der Waals surface area (Å²) in [5.41, 5.74) is 7.19. The number of aromatic nitrogens is 4. The van der Waals surface area contributed by atoms with Crippen molar-refractivity contribution in [2.24, 2.45) is 5.73 Å². The summed E-state index contributed by atoms with van der Waals surface area (Å²) >= 11 is 0. The zero-order valence-electron chi connectivity index (χ0n) is 9.66. The van der Waals surface area contributed by atoms with Gasteiger partial charge >= 0.3 is 0 Å². The summed E-state index contributed by atoms with van der Waals surface area (Å²) in [5, 5.41) is 11.8. The second-order valence-corrected chi connectivity index (χ2v) is 3.88. The Bertz CT molecular complexity index is 531. The molecule has 0 fully saturated rings. The van der Waals surface area contributed by atoms with E-state index in [9.17, 15) is 4.79 Å². The molecule has 2 rings (SSSR count). The molecule has 1 amide bonds. The average molecular weight is 231 g/mol. The number of carbonyl (C=O) groups is 1. The van der Waals surface area contributed by atoms with E-state index in [1.807, 2.05) is 31.2 Å². The molecule has 0 radical (unpaired) electrons. The normalized spacial score (nSPS) is 12.4. The minimum Gasteiger partial charge on any atom is -0.368 e. The third-order valence-corrected chi connectivity index (χ3v) is 2.50. The molecule has 2 N–H and O–H groups in total. The smallest absolute Gasteiger partial charge is 0.243 e. The summed E-state index contributed by atoms with van der Waals surface area (Å²) in [5.74, 6) is -0.00374. The van der Waals surface area contributed by atoms with Gasteiger partial charge in [0.2, 0.25) is 11.7 Å². The fraction of sp³-hybridized carbons (Fsp3) is 0.273. The van der Waals surface area contributed by atoms with Gasteiger partial charge in [0.25, 0.3) is 0 Å². The van der Waals surface area contributed by atoms with Gasteiger partial charge in [0, 0.05) is 5.56 Å². The van der Waals surface area contributed by atoms with Gasteiger partial charge in [0.05, 0.1) is 0 Å². The highest BCUT2D eigenvalue weighted by atomic mass is 16.1. The lowest BCUT2D eigenvalue weighted by atomic mass is 10.1. The molecule has 0 saturated heterocycles. The third kappa shape index (κ3) is 2.30. The highest BCUT2D eigenvalue weighted by Crippen LogP contribution is 2.14. The molecule has 1 heterocycles. The summed E-state index contributed by atoms with van der Waals surface area (Å²) in [4.78, 5) is 12.2. The fourth-order valence-electron chi connectivity index (χ4n) is 1.32. The predicted octanol–water partition coefficient (Wildman–Crippen LogP) is 0.695. The van der Waals surface area contributed by atoms with Crippen LogP contribution in [0.5, 0.6) is 0 Å². The third-order valence-electron chi connectivity index (χ3n) is 2.50. The fourth-order valence-corrected chi connectivity index (χ4v) is 1.32. The van der Waals surface area contributed by atoms with Gasteiger partial charge in [-0.2, -0.15) is 4.80 Å². The van der Waals surface area contributed by atoms with Gasteiger partial charge < -0.3 is 5.73 Å². The van der Waals surface area contributed by atoms with E-state index in [1.54, 1.807) is 6.92 Å². The van der Waals surface area contributed by atoms with Crippen LogP contribution in [0.25, 0.3) is 11.4 Å². The largest absolute Gasteiger partial charge is 0.368 e. The maximum atomic E-state index is 11.0. The number of aryl methyl sites for hydroxylation is 1. The Labute approximate surface area is 98.4 Å². The van der Waals surface area contributed by atoms with Crippen LogP contribution in [0.2, 0.25) is 0 Å². The molecule has 0 aliphatic carbocycles. The number of amides is 1. The van der Waals surface area contributed by atoms with E-state index < -0.39 is 11.9 Å². The molecule has 0 spiro atoms. The molecule has 0 aliphatic rings. The van der Waals surface area contributed by atoms with Crippen molar-refractivity contribution in [1.29, 1.82) is 0 Å². The predicted molar refractivity (Wildman–Crippen MR) is 61.9 cm³/mol. The Kier molecular flexibility index (Phi) is 2.86. The molecule has 88 valence electrons. The van der Waals surface area contributed by atoms with Crippen molar-refractivity contribution >= 4 is 5.91 Å². The number of carbonyl (C=O) groups excluding carboxylic acids is 1. The number of hydrogen-bond acceptors (Lipinski definition) is 4. The number of nitrogens with two attached hydrogens (primary N) is 1. The van der Waals surface area contributed by atoms with Gasteiger partial charge in [-0.3, -0.25) is 4.79 Å². The molecule has 17 heavy (non-hydrogen) atoms. The molecule has 1 aromatic carbocycles. The first-order chi connectivity index (χ1) is 8.08. The van der Waals surface area contributed by atoms with Crippen molar-refractivity contribution in [3.05, 3.63) is 29.8 Å². The van der Waals surface area contributed by atoms with Crippen LogP contribution < -0.4 is 5.73 Å². The quantitative estimate of drug-likeness (QED) is 0.842. The van der Waals surface area contributed by atoms with Gasteiger partial charge in [-0.05, 0) is 19.1 Å². The summed E-state index contributed by atoms with van der Waals surface area (Å²) in [6.45, 7) is 3.63. The molecule has 2 aromatic rings. The Morgan fingerprint density at radius 2 is 2.00 bits per heavy atom. The monoisotopic (exact) mass is 231 g/mol. The van der Waals surface area contributed by atoms with E-state index in [0.717, 1.165) is 11.1 Å². The van der Waals surface area contributed by atoms with E-state index in [1.165, 1.54) is 4.80 Å². The van der Waals surface area contributed by atoms with Crippen molar-refractivity contribution in [2.45, 2.75) is 19.9 Å². The molecule has 1 unspecified atom stereocenters. The van der Waals surface area contributed by atoms with Crippen molar-refractivity contribution < 1.29 is 4.79 Å². The first-order valence-corrected chi connectivity index (χ1v) is 5.24. The number of benzene rings is 1. The van der Waals surface area contributed by atoms with Gasteiger partial charge in [-0.1, -0.05) is 29.8 Å². The molecular formula is C11H13N5O.